The molecule has 0 bridgehead atoms. The Morgan fingerprint density at radius 1 is 1.29 bits per heavy atom. The third-order valence-electron chi connectivity index (χ3n) is 3.59. The summed E-state index contributed by atoms with van der Waals surface area (Å²) in [6, 6.07) is 1.14. The maximum absolute atomic E-state index is 11.7. The average Bonchev–Trinajstić information content (AvgIpc) is 2.35. The number of rotatable bonds is 6. The van der Waals surface area contributed by atoms with Crippen molar-refractivity contribution in [1.82, 2.24) is 16.0 Å². The van der Waals surface area contributed by atoms with Crippen molar-refractivity contribution in [3.8, 4) is 0 Å². The first-order chi connectivity index (χ1) is 9.76. The van der Waals surface area contributed by atoms with Gasteiger partial charge in [0, 0.05) is 24.7 Å². The van der Waals surface area contributed by atoms with Gasteiger partial charge in [-0.15, -0.1) is 0 Å². The van der Waals surface area contributed by atoms with Gasteiger partial charge in [0.1, 0.15) is 5.60 Å². The number of alkyl carbamates (subject to hydrolysis) is 1. The lowest BCUT2D eigenvalue weighted by molar-refractivity contribution is 0.0507. The van der Waals surface area contributed by atoms with Crippen molar-refractivity contribution in [2.75, 3.05) is 13.1 Å². The van der Waals surface area contributed by atoms with E-state index in [1.165, 1.54) is 19.3 Å². The number of ether oxygens (including phenoxy) is 1. The Labute approximate surface area is 129 Å². The molecule has 1 aliphatic heterocycles. The highest BCUT2D eigenvalue weighted by Gasteiger charge is 2.19. The zero-order valence-electron chi connectivity index (χ0n) is 14.3. The summed E-state index contributed by atoms with van der Waals surface area (Å²) in [5, 5.41) is 9.91. The maximum atomic E-state index is 11.7. The summed E-state index contributed by atoms with van der Waals surface area (Å²) in [6.45, 7) is 11.7. The van der Waals surface area contributed by atoms with Gasteiger partial charge in [-0.3, -0.25) is 0 Å². The maximum Gasteiger partial charge on any atom is 0.407 e. The van der Waals surface area contributed by atoms with Crippen molar-refractivity contribution in [3.05, 3.63) is 0 Å². The van der Waals surface area contributed by atoms with E-state index in [0.717, 1.165) is 19.5 Å². The molecule has 3 atom stereocenters. The minimum atomic E-state index is -0.447. The Hall–Kier alpha value is -0.810. The van der Waals surface area contributed by atoms with Gasteiger partial charge in [-0.05, 0) is 60.4 Å². The van der Waals surface area contributed by atoms with Crippen molar-refractivity contribution < 1.29 is 9.53 Å². The highest BCUT2D eigenvalue weighted by Crippen LogP contribution is 2.11. The number of amides is 1. The second kappa shape index (κ2) is 8.59. The predicted molar refractivity (Wildman–Crippen MR) is 86.6 cm³/mol. The van der Waals surface area contributed by atoms with Gasteiger partial charge in [-0.2, -0.15) is 0 Å². The second-order valence-corrected chi connectivity index (χ2v) is 7.24. The van der Waals surface area contributed by atoms with Crippen LogP contribution in [0.5, 0.6) is 0 Å². The number of carbonyl (C=O) groups excluding carboxylic acids is 1. The fraction of sp³-hybridized carbons (Fsp3) is 0.938. The molecule has 1 fully saturated rings. The Morgan fingerprint density at radius 2 is 2.00 bits per heavy atom. The Morgan fingerprint density at radius 3 is 2.57 bits per heavy atom. The van der Waals surface area contributed by atoms with E-state index >= 15 is 0 Å². The standard InChI is InChI=1S/C16H33N3O2/c1-12(10-14-8-6-7-9-17-14)18-11-13(2)19-15(20)21-16(3,4)5/h12-14,17-18H,6-11H2,1-5H3,(H,19,20). The van der Waals surface area contributed by atoms with Gasteiger partial charge in [0.05, 0.1) is 0 Å². The van der Waals surface area contributed by atoms with Crippen molar-refractivity contribution in [2.24, 2.45) is 0 Å². The first-order valence-corrected chi connectivity index (χ1v) is 8.22. The molecule has 0 spiro atoms. The molecule has 5 nitrogen and oxygen atoms in total. The quantitative estimate of drug-likeness (QED) is 0.705. The lowest BCUT2D eigenvalue weighted by Gasteiger charge is -2.27. The first kappa shape index (κ1) is 18.2. The van der Waals surface area contributed by atoms with E-state index in [4.69, 9.17) is 4.74 Å². The van der Waals surface area contributed by atoms with Gasteiger partial charge >= 0.3 is 6.09 Å². The van der Waals surface area contributed by atoms with Crippen LogP contribution in [0.25, 0.3) is 0 Å². The van der Waals surface area contributed by atoms with Crippen LogP contribution in [-0.2, 0) is 4.74 Å². The fourth-order valence-electron chi connectivity index (χ4n) is 2.57. The first-order valence-electron chi connectivity index (χ1n) is 8.22. The van der Waals surface area contributed by atoms with E-state index in [-0.39, 0.29) is 12.1 Å². The van der Waals surface area contributed by atoms with Crippen LogP contribution in [0.3, 0.4) is 0 Å². The van der Waals surface area contributed by atoms with Crippen molar-refractivity contribution in [2.45, 2.75) is 84.0 Å². The van der Waals surface area contributed by atoms with Crippen LogP contribution < -0.4 is 16.0 Å². The molecule has 1 saturated heterocycles. The van der Waals surface area contributed by atoms with E-state index in [0.29, 0.717) is 12.1 Å². The molecule has 0 aliphatic carbocycles. The highest BCUT2D eigenvalue weighted by atomic mass is 16.6. The van der Waals surface area contributed by atoms with Crippen LogP contribution in [0.1, 0.15) is 60.3 Å². The number of hydrogen-bond donors (Lipinski definition) is 3. The normalized spacial score (nSPS) is 22.4. The average molecular weight is 299 g/mol. The van der Waals surface area contributed by atoms with Gasteiger partial charge in [0.2, 0.25) is 0 Å². The van der Waals surface area contributed by atoms with Crippen molar-refractivity contribution >= 4 is 6.09 Å². The van der Waals surface area contributed by atoms with E-state index < -0.39 is 5.60 Å². The van der Waals surface area contributed by atoms with Gasteiger partial charge in [-0.1, -0.05) is 6.42 Å². The topological polar surface area (TPSA) is 62.4 Å². The molecular weight excluding hydrogens is 266 g/mol. The summed E-state index contributed by atoms with van der Waals surface area (Å²) >= 11 is 0. The van der Waals surface area contributed by atoms with Crippen LogP contribution in [0, 0.1) is 0 Å². The highest BCUT2D eigenvalue weighted by molar-refractivity contribution is 5.68. The second-order valence-electron chi connectivity index (χ2n) is 7.24. The number of hydrogen-bond acceptors (Lipinski definition) is 4. The molecular formula is C16H33N3O2. The molecule has 1 rings (SSSR count). The van der Waals surface area contributed by atoms with Gasteiger partial charge < -0.3 is 20.7 Å². The Balaban J connectivity index is 2.16. The summed E-state index contributed by atoms with van der Waals surface area (Å²) in [6.07, 6.45) is 4.70. The zero-order valence-corrected chi connectivity index (χ0v) is 14.3. The number of nitrogens with one attached hydrogen (secondary N) is 3. The molecule has 21 heavy (non-hydrogen) atoms. The van der Waals surface area contributed by atoms with E-state index in [2.05, 4.69) is 22.9 Å². The lowest BCUT2D eigenvalue weighted by atomic mass is 9.99. The smallest absolute Gasteiger partial charge is 0.407 e. The molecule has 3 N–H and O–H groups in total. The third kappa shape index (κ3) is 8.94. The molecule has 0 aromatic carbocycles. The summed E-state index contributed by atoms with van der Waals surface area (Å²) in [4.78, 5) is 11.7. The summed E-state index contributed by atoms with van der Waals surface area (Å²) < 4.78 is 5.25. The number of piperidine rings is 1. The van der Waals surface area contributed by atoms with Gasteiger partial charge in [0.15, 0.2) is 0 Å². The van der Waals surface area contributed by atoms with Crippen molar-refractivity contribution in [1.29, 1.82) is 0 Å². The summed E-state index contributed by atoms with van der Waals surface area (Å²) in [7, 11) is 0. The van der Waals surface area contributed by atoms with E-state index in [9.17, 15) is 4.79 Å². The molecule has 0 saturated carbocycles. The molecule has 1 aliphatic rings. The van der Waals surface area contributed by atoms with Crippen LogP contribution in [0.15, 0.2) is 0 Å². The monoisotopic (exact) mass is 299 g/mol. The van der Waals surface area contributed by atoms with E-state index in [1.807, 2.05) is 27.7 Å². The minimum absolute atomic E-state index is 0.0571. The fourth-order valence-corrected chi connectivity index (χ4v) is 2.57. The molecule has 1 amide bonds. The molecule has 5 heteroatoms. The molecule has 0 radical (unpaired) electrons. The van der Waals surface area contributed by atoms with Crippen molar-refractivity contribution in [3.63, 3.8) is 0 Å². The minimum Gasteiger partial charge on any atom is -0.444 e. The molecule has 1 heterocycles. The van der Waals surface area contributed by atoms with E-state index in [1.54, 1.807) is 0 Å². The van der Waals surface area contributed by atoms with Crippen LogP contribution in [0.2, 0.25) is 0 Å². The molecule has 3 unspecified atom stereocenters. The van der Waals surface area contributed by atoms with Crippen LogP contribution >= 0.6 is 0 Å². The summed E-state index contributed by atoms with van der Waals surface area (Å²) in [5.41, 5.74) is -0.447. The predicted octanol–water partition coefficient (Wildman–Crippen LogP) is 2.41. The molecule has 0 aromatic heterocycles. The van der Waals surface area contributed by atoms with Crippen LogP contribution in [0.4, 0.5) is 4.79 Å². The lowest BCUT2D eigenvalue weighted by Crippen LogP contribution is -2.46. The third-order valence-corrected chi connectivity index (χ3v) is 3.59. The summed E-state index contributed by atoms with van der Waals surface area (Å²) in [5.74, 6) is 0. The van der Waals surface area contributed by atoms with Crippen LogP contribution in [-0.4, -0.2) is 42.9 Å². The Kier molecular flexibility index (Phi) is 7.46. The zero-order chi connectivity index (χ0) is 15.9. The SMILES string of the molecule is CC(CC1CCCCN1)NCC(C)NC(=O)OC(C)(C)C. The molecule has 0 aromatic rings. The van der Waals surface area contributed by atoms with Gasteiger partial charge in [0.25, 0.3) is 0 Å². The largest absolute Gasteiger partial charge is 0.444 e. The van der Waals surface area contributed by atoms with Gasteiger partial charge in [-0.25, -0.2) is 4.79 Å². The Bertz CT molecular complexity index is 309. The number of carbonyl (C=O) groups is 1. The molecule has 124 valence electrons.